The molecule has 4 aliphatic carbocycles. The Morgan fingerprint density at radius 2 is 1.91 bits per heavy atom. The topological polar surface area (TPSA) is 41.6 Å². The van der Waals surface area contributed by atoms with Crippen LogP contribution < -0.4 is 0 Å². The highest BCUT2D eigenvalue weighted by Gasteiger charge is 2.58. The Kier molecular flexibility index (Phi) is 5.96. The molecule has 3 heteroatoms. The molecule has 3 nitrogen and oxygen atoms in total. The summed E-state index contributed by atoms with van der Waals surface area (Å²) in [4.78, 5) is 0. The number of fused-ring (bicyclic) bond motifs is 5. The van der Waals surface area contributed by atoms with Crippen molar-refractivity contribution in [2.45, 2.75) is 105 Å². The molecule has 0 aliphatic heterocycles. The quantitative estimate of drug-likeness (QED) is 0.481. The fourth-order valence-electron chi connectivity index (χ4n) is 9.94. The maximum absolute atomic E-state index is 9.14. The predicted molar refractivity (Wildman–Crippen MR) is 130 cm³/mol. The van der Waals surface area contributed by atoms with Crippen LogP contribution in [0.2, 0.25) is 0 Å². The standard InChI is InChI=1S/C29H45N3/c1-5-12-28(3)13-10-23-22(15-28)6-7-25-24(23)11-14-29(4)26(8-9-27(25)29)20(2)18-32-19-21(16-30)17-31-32/h17,19-20,22-27H,5-15,18H2,1-4H3/t20?,22?,23?,24?,25?,26?,27?,28-,29?/m0/s1. The van der Waals surface area contributed by atoms with Crippen LogP contribution in [-0.2, 0) is 6.54 Å². The Labute approximate surface area is 196 Å². The summed E-state index contributed by atoms with van der Waals surface area (Å²) >= 11 is 0. The fraction of sp³-hybridized carbons (Fsp3) is 0.862. The van der Waals surface area contributed by atoms with E-state index in [9.17, 15) is 0 Å². The molecule has 0 spiro atoms. The highest BCUT2D eigenvalue weighted by molar-refractivity contribution is 5.21. The molecule has 0 radical (unpaired) electrons. The molecule has 1 aromatic rings. The molecular weight excluding hydrogens is 390 g/mol. The molecule has 32 heavy (non-hydrogen) atoms. The molecule has 0 bridgehead atoms. The highest BCUT2D eigenvalue weighted by atomic mass is 15.3. The third-order valence-electron chi connectivity index (χ3n) is 11.2. The molecular formula is C29H45N3. The lowest BCUT2D eigenvalue weighted by molar-refractivity contribution is -0.0842. The van der Waals surface area contributed by atoms with E-state index in [1.165, 1.54) is 70.6 Å². The van der Waals surface area contributed by atoms with E-state index >= 15 is 0 Å². The van der Waals surface area contributed by atoms with Gasteiger partial charge in [-0.05, 0) is 116 Å². The summed E-state index contributed by atoms with van der Waals surface area (Å²) < 4.78 is 2.02. The molecule has 9 atom stereocenters. The fourth-order valence-corrected chi connectivity index (χ4v) is 9.94. The van der Waals surface area contributed by atoms with Gasteiger partial charge in [-0.25, -0.2) is 0 Å². The Morgan fingerprint density at radius 1 is 1.09 bits per heavy atom. The van der Waals surface area contributed by atoms with Gasteiger partial charge in [-0.15, -0.1) is 0 Å². The van der Waals surface area contributed by atoms with Gasteiger partial charge in [0.05, 0.1) is 11.8 Å². The third kappa shape index (κ3) is 3.74. The van der Waals surface area contributed by atoms with Crippen molar-refractivity contribution < 1.29 is 0 Å². The van der Waals surface area contributed by atoms with Gasteiger partial charge >= 0.3 is 0 Å². The molecule has 0 N–H and O–H groups in total. The molecule has 1 heterocycles. The zero-order valence-electron chi connectivity index (χ0n) is 21.0. The Morgan fingerprint density at radius 3 is 2.66 bits per heavy atom. The van der Waals surface area contributed by atoms with Crippen LogP contribution >= 0.6 is 0 Å². The second-order valence-corrected chi connectivity index (χ2v) is 13.0. The van der Waals surface area contributed by atoms with Crippen molar-refractivity contribution in [3.8, 4) is 6.07 Å². The molecule has 0 saturated heterocycles. The monoisotopic (exact) mass is 435 g/mol. The normalized spacial score (nSPS) is 44.2. The van der Waals surface area contributed by atoms with Gasteiger partial charge in [-0.2, -0.15) is 10.4 Å². The van der Waals surface area contributed by atoms with E-state index in [4.69, 9.17) is 5.26 Å². The van der Waals surface area contributed by atoms with Crippen LogP contribution in [0, 0.1) is 63.6 Å². The van der Waals surface area contributed by atoms with Gasteiger partial charge < -0.3 is 0 Å². The number of aromatic nitrogens is 2. The summed E-state index contributed by atoms with van der Waals surface area (Å²) in [5, 5.41) is 13.6. The lowest BCUT2D eigenvalue weighted by Crippen LogP contribution is -2.50. The first-order valence-electron chi connectivity index (χ1n) is 13.8. The van der Waals surface area contributed by atoms with E-state index in [2.05, 4.69) is 38.9 Å². The van der Waals surface area contributed by atoms with Crippen molar-refractivity contribution in [2.24, 2.45) is 52.3 Å². The summed E-state index contributed by atoms with van der Waals surface area (Å²) in [6.07, 6.45) is 19.8. The first kappa shape index (κ1) is 22.5. The maximum Gasteiger partial charge on any atom is 0.102 e. The van der Waals surface area contributed by atoms with Crippen molar-refractivity contribution in [2.75, 3.05) is 0 Å². The van der Waals surface area contributed by atoms with Gasteiger partial charge in [-0.3, -0.25) is 4.68 Å². The van der Waals surface area contributed by atoms with E-state index in [1.807, 2.05) is 10.9 Å². The third-order valence-corrected chi connectivity index (χ3v) is 11.2. The van der Waals surface area contributed by atoms with E-state index < -0.39 is 0 Å². The van der Waals surface area contributed by atoms with Crippen molar-refractivity contribution in [1.29, 1.82) is 5.26 Å². The van der Waals surface area contributed by atoms with Crippen molar-refractivity contribution in [3.05, 3.63) is 18.0 Å². The summed E-state index contributed by atoms with van der Waals surface area (Å²) in [5.41, 5.74) is 1.84. The Bertz CT molecular complexity index is 851. The molecule has 0 aromatic carbocycles. The van der Waals surface area contributed by atoms with E-state index in [-0.39, 0.29) is 0 Å². The lowest BCUT2D eigenvalue weighted by atomic mass is 9.47. The zero-order valence-corrected chi connectivity index (χ0v) is 21.0. The van der Waals surface area contributed by atoms with Crippen LogP contribution in [0.25, 0.3) is 0 Å². The zero-order chi connectivity index (χ0) is 22.5. The highest BCUT2D eigenvalue weighted by Crippen LogP contribution is 2.66. The molecule has 1 aromatic heterocycles. The van der Waals surface area contributed by atoms with Crippen molar-refractivity contribution in [3.63, 3.8) is 0 Å². The number of rotatable bonds is 5. The van der Waals surface area contributed by atoms with Gasteiger partial charge in [-0.1, -0.05) is 34.1 Å². The van der Waals surface area contributed by atoms with Crippen LogP contribution in [0.5, 0.6) is 0 Å². The number of hydrogen-bond donors (Lipinski definition) is 0. The Hall–Kier alpha value is -1.30. The smallest absolute Gasteiger partial charge is 0.102 e. The summed E-state index contributed by atoms with van der Waals surface area (Å²) in [6.45, 7) is 11.0. The minimum atomic E-state index is 0.518. The Balaban J connectivity index is 1.27. The van der Waals surface area contributed by atoms with Crippen LogP contribution in [0.4, 0.5) is 0 Å². The van der Waals surface area contributed by atoms with Gasteiger partial charge in [0.2, 0.25) is 0 Å². The van der Waals surface area contributed by atoms with Gasteiger partial charge in [0.25, 0.3) is 0 Å². The molecule has 0 amide bonds. The maximum atomic E-state index is 9.14. The minimum absolute atomic E-state index is 0.518. The van der Waals surface area contributed by atoms with Gasteiger partial charge in [0.1, 0.15) is 6.07 Å². The van der Waals surface area contributed by atoms with Crippen molar-refractivity contribution in [1.82, 2.24) is 9.78 Å². The van der Waals surface area contributed by atoms with Gasteiger partial charge in [0.15, 0.2) is 0 Å². The van der Waals surface area contributed by atoms with E-state index in [1.54, 1.807) is 6.20 Å². The molecule has 5 rings (SSSR count). The SMILES string of the molecule is CCC[C@@]1(C)CCC2C(CCC3C2CCC2(C)C(C(C)Cn4cc(C#N)cn4)CCC32)C1. The molecule has 176 valence electrons. The van der Waals surface area contributed by atoms with Crippen LogP contribution in [0.3, 0.4) is 0 Å². The largest absolute Gasteiger partial charge is 0.271 e. The van der Waals surface area contributed by atoms with Crippen LogP contribution in [0.1, 0.15) is 104 Å². The molecule has 4 fully saturated rings. The lowest BCUT2D eigenvalue weighted by Gasteiger charge is -2.58. The number of nitrogens with zero attached hydrogens (tertiary/aromatic N) is 3. The predicted octanol–water partition coefficient (Wildman–Crippen LogP) is 7.47. The van der Waals surface area contributed by atoms with E-state index in [0.29, 0.717) is 22.3 Å². The summed E-state index contributed by atoms with van der Waals surface area (Å²) in [6, 6.07) is 2.23. The molecule has 4 aliphatic rings. The van der Waals surface area contributed by atoms with Crippen LogP contribution in [0.15, 0.2) is 12.4 Å². The first-order valence-corrected chi connectivity index (χ1v) is 13.8. The first-order chi connectivity index (χ1) is 15.4. The number of hydrogen-bond acceptors (Lipinski definition) is 2. The summed E-state index contributed by atoms with van der Waals surface area (Å²) in [7, 11) is 0. The second kappa shape index (κ2) is 8.48. The van der Waals surface area contributed by atoms with E-state index in [0.717, 1.165) is 42.1 Å². The molecule has 4 saturated carbocycles. The summed E-state index contributed by atoms with van der Waals surface area (Å²) in [5.74, 6) is 6.47. The van der Waals surface area contributed by atoms with Gasteiger partial charge in [0, 0.05) is 12.7 Å². The van der Waals surface area contributed by atoms with Crippen LogP contribution in [-0.4, -0.2) is 9.78 Å². The average molecular weight is 436 g/mol. The average Bonchev–Trinajstić information content (AvgIpc) is 3.36. The molecule has 8 unspecified atom stereocenters. The minimum Gasteiger partial charge on any atom is -0.271 e. The second-order valence-electron chi connectivity index (χ2n) is 13.0. The number of nitriles is 1. The van der Waals surface area contributed by atoms with Crippen molar-refractivity contribution >= 4 is 0 Å².